The Labute approximate surface area is 112 Å². The van der Waals surface area contributed by atoms with Crippen LogP contribution in [-0.2, 0) is 4.79 Å². The molecule has 2 fully saturated rings. The SMILES string of the molecule is CCC1CCC(=O)C(CN2CC(C)CCC2C)C1. The monoisotopic (exact) mass is 251 g/mol. The van der Waals surface area contributed by atoms with Crippen molar-refractivity contribution >= 4 is 5.78 Å². The van der Waals surface area contributed by atoms with Crippen molar-refractivity contribution in [3.8, 4) is 0 Å². The first-order valence-corrected chi connectivity index (χ1v) is 7.86. The summed E-state index contributed by atoms with van der Waals surface area (Å²) in [6.07, 6.45) is 7.02. The summed E-state index contributed by atoms with van der Waals surface area (Å²) >= 11 is 0. The lowest BCUT2D eigenvalue weighted by Gasteiger charge is -2.40. The number of rotatable bonds is 3. The average molecular weight is 251 g/mol. The number of piperidine rings is 1. The summed E-state index contributed by atoms with van der Waals surface area (Å²) < 4.78 is 0. The summed E-state index contributed by atoms with van der Waals surface area (Å²) in [7, 11) is 0. The maximum absolute atomic E-state index is 12.1. The lowest BCUT2D eigenvalue weighted by atomic mass is 9.78. The standard InChI is InChI=1S/C16H29NO/c1-4-14-7-8-16(18)15(9-14)11-17-10-12(2)5-6-13(17)3/h12-15H,4-11H2,1-3H3. The number of carbonyl (C=O) groups excluding carboxylic acids is 1. The number of ketones is 1. The van der Waals surface area contributed by atoms with Crippen LogP contribution in [0.5, 0.6) is 0 Å². The van der Waals surface area contributed by atoms with Crippen molar-refractivity contribution in [3.63, 3.8) is 0 Å². The van der Waals surface area contributed by atoms with E-state index in [0.717, 1.165) is 37.6 Å². The van der Waals surface area contributed by atoms with Crippen molar-refractivity contribution in [1.29, 1.82) is 0 Å². The quantitative estimate of drug-likeness (QED) is 0.765. The van der Waals surface area contributed by atoms with Gasteiger partial charge < -0.3 is 0 Å². The zero-order valence-electron chi connectivity index (χ0n) is 12.3. The van der Waals surface area contributed by atoms with Crippen LogP contribution in [0.1, 0.15) is 59.3 Å². The van der Waals surface area contributed by atoms with E-state index in [-0.39, 0.29) is 0 Å². The van der Waals surface area contributed by atoms with Gasteiger partial charge in [0.1, 0.15) is 5.78 Å². The molecule has 1 aliphatic heterocycles. The van der Waals surface area contributed by atoms with E-state index in [9.17, 15) is 4.79 Å². The third-order valence-electron chi connectivity index (χ3n) is 5.15. The van der Waals surface area contributed by atoms with Crippen LogP contribution in [0, 0.1) is 17.8 Å². The average Bonchev–Trinajstić information content (AvgIpc) is 2.36. The largest absolute Gasteiger partial charge is 0.300 e. The second-order valence-corrected chi connectivity index (χ2v) is 6.70. The predicted octanol–water partition coefficient (Wildman–Crippen LogP) is 3.50. The first-order valence-electron chi connectivity index (χ1n) is 7.86. The van der Waals surface area contributed by atoms with Gasteiger partial charge in [-0.05, 0) is 44.4 Å². The summed E-state index contributed by atoms with van der Waals surface area (Å²) in [4.78, 5) is 14.7. The van der Waals surface area contributed by atoms with Crippen LogP contribution in [0.4, 0.5) is 0 Å². The van der Waals surface area contributed by atoms with Gasteiger partial charge in [0.05, 0.1) is 0 Å². The minimum atomic E-state index is 0.330. The molecule has 2 nitrogen and oxygen atoms in total. The molecule has 0 bridgehead atoms. The van der Waals surface area contributed by atoms with Crippen molar-refractivity contribution in [2.24, 2.45) is 17.8 Å². The number of Topliss-reactive ketones (excluding diaryl/α,β-unsaturated/α-hetero) is 1. The van der Waals surface area contributed by atoms with Crippen molar-refractivity contribution in [2.75, 3.05) is 13.1 Å². The fraction of sp³-hybridized carbons (Fsp3) is 0.938. The molecule has 0 aromatic heterocycles. The van der Waals surface area contributed by atoms with E-state index in [1.807, 2.05) is 0 Å². The first-order chi connectivity index (χ1) is 8.60. The smallest absolute Gasteiger partial charge is 0.137 e. The van der Waals surface area contributed by atoms with Gasteiger partial charge >= 0.3 is 0 Å². The van der Waals surface area contributed by atoms with Crippen LogP contribution in [0.25, 0.3) is 0 Å². The van der Waals surface area contributed by atoms with Gasteiger partial charge in [-0.3, -0.25) is 9.69 Å². The Morgan fingerprint density at radius 1 is 1.22 bits per heavy atom. The first kappa shape index (κ1) is 14.0. The maximum Gasteiger partial charge on any atom is 0.137 e. The van der Waals surface area contributed by atoms with Gasteiger partial charge in [0.25, 0.3) is 0 Å². The number of nitrogens with zero attached hydrogens (tertiary/aromatic N) is 1. The zero-order valence-corrected chi connectivity index (χ0v) is 12.3. The Balaban J connectivity index is 1.92. The van der Waals surface area contributed by atoms with E-state index in [0.29, 0.717) is 17.7 Å². The minimum Gasteiger partial charge on any atom is -0.300 e. The van der Waals surface area contributed by atoms with E-state index >= 15 is 0 Å². The summed E-state index contributed by atoms with van der Waals surface area (Å²) in [5, 5.41) is 0. The van der Waals surface area contributed by atoms with Crippen LogP contribution < -0.4 is 0 Å². The molecule has 2 rings (SSSR count). The van der Waals surface area contributed by atoms with Crippen LogP contribution >= 0.6 is 0 Å². The van der Waals surface area contributed by atoms with E-state index in [2.05, 4.69) is 25.7 Å². The Morgan fingerprint density at radius 3 is 2.72 bits per heavy atom. The molecule has 1 heterocycles. The van der Waals surface area contributed by atoms with Gasteiger partial charge in [-0.1, -0.05) is 20.3 Å². The van der Waals surface area contributed by atoms with E-state index in [4.69, 9.17) is 0 Å². The Kier molecular flexibility index (Phi) is 4.83. The minimum absolute atomic E-state index is 0.330. The molecule has 0 aromatic rings. The summed E-state index contributed by atoms with van der Waals surface area (Å²) in [5.74, 6) is 2.47. The Morgan fingerprint density at radius 2 is 2.00 bits per heavy atom. The molecule has 0 amide bonds. The maximum atomic E-state index is 12.1. The highest BCUT2D eigenvalue weighted by Crippen LogP contribution is 2.31. The molecule has 18 heavy (non-hydrogen) atoms. The molecule has 0 N–H and O–H groups in total. The summed E-state index contributed by atoms with van der Waals surface area (Å²) in [6, 6.07) is 0.677. The third kappa shape index (κ3) is 3.34. The molecule has 0 aromatic carbocycles. The third-order valence-corrected chi connectivity index (χ3v) is 5.15. The number of carbonyl (C=O) groups is 1. The predicted molar refractivity (Wildman–Crippen MR) is 75.6 cm³/mol. The fourth-order valence-electron chi connectivity index (χ4n) is 3.67. The van der Waals surface area contributed by atoms with Gasteiger partial charge in [-0.2, -0.15) is 0 Å². The molecule has 1 aliphatic carbocycles. The van der Waals surface area contributed by atoms with Gasteiger partial charge in [0.15, 0.2) is 0 Å². The number of likely N-dealkylation sites (tertiary alicyclic amines) is 1. The molecular formula is C16H29NO. The van der Waals surface area contributed by atoms with Crippen molar-refractivity contribution < 1.29 is 4.79 Å². The highest BCUT2D eigenvalue weighted by Gasteiger charge is 2.32. The van der Waals surface area contributed by atoms with Crippen LogP contribution in [0.3, 0.4) is 0 Å². The Hall–Kier alpha value is -0.370. The molecule has 104 valence electrons. The molecule has 0 spiro atoms. The molecule has 1 saturated carbocycles. The van der Waals surface area contributed by atoms with Crippen LogP contribution in [0.15, 0.2) is 0 Å². The van der Waals surface area contributed by atoms with Gasteiger partial charge in [0.2, 0.25) is 0 Å². The van der Waals surface area contributed by atoms with Crippen molar-refractivity contribution in [1.82, 2.24) is 4.90 Å². The highest BCUT2D eigenvalue weighted by molar-refractivity contribution is 5.81. The number of hydrogen-bond acceptors (Lipinski definition) is 2. The van der Waals surface area contributed by atoms with Crippen LogP contribution in [-0.4, -0.2) is 29.8 Å². The number of hydrogen-bond donors (Lipinski definition) is 0. The molecular weight excluding hydrogens is 222 g/mol. The molecule has 4 atom stereocenters. The van der Waals surface area contributed by atoms with E-state index in [1.54, 1.807) is 0 Å². The zero-order chi connectivity index (χ0) is 13.1. The summed E-state index contributed by atoms with van der Waals surface area (Å²) in [6.45, 7) is 9.17. The normalized spacial score (nSPS) is 38.9. The molecule has 4 unspecified atom stereocenters. The molecule has 2 heteroatoms. The lowest BCUT2D eigenvalue weighted by molar-refractivity contribution is -0.126. The van der Waals surface area contributed by atoms with E-state index in [1.165, 1.54) is 25.8 Å². The molecule has 0 radical (unpaired) electrons. The molecule has 1 saturated heterocycles. The molecule has 2 aliphatic rings. The second kappa shape index (κ2) is 6.18. The van der Waals surface area contributed by atoms with Crippen molar-refractivity contribution in [3.05, 3.63) is 0 Å². The summed E-state index contributed by atoms with van der Waals surface area (Å²) in [5.41, 5.74) is 0. The van der Waals surface area contributed by atoms with Crippen molar-refractivity contribution in [2.45, 2.75) is 65.3 Å². The van der Waals surface area contributed by atoms with Gasteiger partial charge in [0, 0.05) is 31.5 Å². The van der Waals surface area contributed by atoms with Gasteiger partial charge in [-0.25, -0.2) is 0 Å². The fourth-order valence-corrected chi connectivity index (χ4v) is 3.67. The topological polar surface area (TPSA) is 20.3 Å². The second-order valence-electron chi connectivity index (χ2n) is 6.70. The Bertz CT molecular complexity index is 289. The van der Waals surface area contributed by atoms with Crippen LogP contribution in [0.2, 0.25) is 0 Å². The lowest BCUT2D eigenvalue weighted by Crippen LogP contribution is -2.45. The highest BCUT2D eigenvalue weighted by atomic mass is 16.1. The van der Waals surface area contributed by atoms with Gasteiger partial charge in [-0.15, -0.1) is 0 Å². The van der Waals surface area contributed by atoms with E-state index < -0.39 is 0 Å².